The van der Waals surface area contributed by atoms with E-state index in [1.165, 1.54) is 16.6 Å². The van der Waals surface area contributed by atoms with Crippen LogP contribution < -0.4 is 0 Å². The van der Waals surface area contributed by atoms with Crippen LogP contribution in [-0.4, -0.2) is 19.5 Å². The molecule has 4 heteroatoms. The lowest BCUT2D eigenvalue weighted by Gasteiger charge is -2.07. The lowest BCUT2D eigenvalue weighted by atomic mass is 10.2. The van der Waals surface area contributed by atoms with Crippen molar-refractivity contribution in [2.75, 3.05) is 0 Å². The Balaban J connectivity index is 1.86. The fourth-order valence-corrected chi connectivity index (χ4v) is 2.40. The van der Waals surface area contributed by atoms with E-state index in [2.05, 4.69) is 34.1 Å². The van der Waals surface area contributed by atoms with Crippen molar-refractivity contribution >= 4 is 10.9 Å². The molecule has 0 aliphatic rings. The van der Waals surface area contributed by atoms with Gasteiger partial charge in [-0.05, 0) is 29.1 Å². The molecule has 0 saturated heterocycles. The molecule has 0 atom stereocenters. The van der Waals surface area contributed by atoms with Crippen molar-refractivity contribution in [3.05, 3.63) is 54.0 Å². The van der Waals surface area contributed by atoms with Crippen LogP contribution in [0.25, 0.3) is 10.9 Å². The summed E-state index contributed by atoms with van der Waals surface area (Å²) in [4.78, 5) is 0. The maximum absolute atomic E-state index is 9.22. The summed E-state index contributed by atoms with van der Waals surface area (Å²) in [6, 6.07) is 10.2. The first kappa shape index (κ1) is 12.0. The van der Waals surface area contributed by atoms with Crippen molar-refractivity contribution < 1.29 is 5.11 Å². The molecule has 19 heavy (non-hydrogen) atoms. The highest BCUT2D eigenvalue weighted by Gasteiger charge is 2.04. The van der Waals surface area contributed by atoms with Gasteiger partial charge in [0.2, 0.25) is 0 Å². The van der Waals surface area contributed by atoms with E-state index < -0.39 is 0 Å². The lowest BCUT2D eigenvalue weighted by Crippen LogP contribution is -2.04. The van der Waals surface area contributed by atoms with Gasteiger partial charge in [-0.25, -0.2) is 0 Å². The third-order valence-electron chi connectivity index (χ3n) is 3.55. The SMILES string of the molecule is Cn1nccc1CCn1ccc2ccc(CO)cc21. The predicted octanol–water partition coefficient (Wildman–Crippen LogP) is 2.11. The molecule has 1 N–H and O–H groups in total. The van der Waals surface area contributed by atoms with Crippen molar-refractivity contribution in [1.29, 1.82) is 0 Å². The average Bonchev–Trinajstić information content (AvgIpc) is 3.02. The molecular formula is C15H17N3O. The highest BCUT2D eigenvalue weighted by molar-refractivity contribution is 5.80. The molecule has 2 heterocycles. The van der Waals surface area contributed by atoms with Crippen LogP contribution in [0.4, 0.5) is 0 Å². The zero-order valence-electron chi connectivity index (χ0n) is 11.0. The Morgan fingerprint density at radius 2 is 2.11 bits per heavy atom. The van der Waals surface area contributed by atoms with E-state index in [9.17, 15) is 5.11 Å². The standard InChI is InChI=1S/C15H17N3O/c1-17-14(4-7-16-17)6-9-18-8-5-13-3-2-12(11-19)10-15(13)18/h2-5,7-8,10,19H,6,9,11H2,1H3. The fraction of sp³-hybridized carbons (Fsp3) is 0.267. The van der Waals surface area contributed by atoms with Gasteiger partial charge in [-0.15, -0.1) is 0 Å². The van der Waals surface area contributed by atoms with Crippen molar-refractivity contribution in [3.63, 3.8) is 0 Å². The number of aromatic nitrogens is 3. The van der Waals surface area contributed by atoms with Gasteiger partial charge in [0, 0.05) is 43.6 Å². The van der Waals surface area contributed by atoms with Crippen LogP contribution in [0.1, 0.15) is 11.3 Å². The molecule has 2 aromatic heterocycles. The van der Waals surface area contributed by atoms with Gasteiger partial charge >= 0.3 is 0 Å². The molecule has 0 aliphatic carbocycles. The van der Waals surface area contributed by atoms with Crippen molar-refractivity contribution in [2.24, 2.45) is 7.05 Å². The molecule has 4 nitrogen and oxygen atoms in total. The van der Waals surface area contributed by atoms with E-state index in [-0.39, 0.29) is 6.61 Å². The van der Waals surface area contributed by atoms with E-state index in [0.717, 1.165) is 18.5 Å². The topological polar surface area (TPSA) is 43.0 Å². The van der Waals surface area contributed by atoms with Crippen LogP contribution in [0.2, 0.25) is 0 Å². The van der Waals surface area contributed by atoms with E-state index in [4.69, 9.17) is 0 Å². The summed E-state index contributed by atoms with van der Waals surface area (Å²) in [5.74, 6) is 0. The predicted molar refractivity (Wildman–Crippen MR) is 74.8 cm³/mol. The molecule has 0 spiro atoms. The fourth-order valence-electron chi connectivity index (χ4n) is 2.40. The molecule has 3 rings (SSSR count). The molecule has 0 amide bonds. The maximum Gasteiger partial charge on any atom is 0.0682 e. The first-order valence-electron chi connectivity index (χ1n) is 6.43. The number of nitrogens with zero attached hydrogens (tertiary/aromatic N) is 3. The summed E-state index contributed by atoms with van der Waals surface area (Å²) in [7, 11) is 1.97. The van der Waals surface area contributed by atoms with Crippen molar-refractivity contribution in [1.82, 2.24) is 14.3 Å². The number of rotatable bonds is 4. The second kappa shape index (κ2) is 4.90. The summed E-state index contributed by atoms with van der Waals surface area (Å²) in [6.45, 7) is 1.00. The van der Waals surface area contributed by atoms with Gasteiger partial charge in [-0.2, -0.15) is 5.10 Å². The number of hydrogen-bond acceptors (Lipinski definition) is 2. The third kappa shape index (κ3) is 2.27. The largest absolute Gasteiger partial charge is 0.392 e. The first-order chi connectivity index (χ1) is 9.28. The average molecular weight is 255 g/mol. The summed E-state index contributed by atoms with van der Waals surface area (Å²) in [6.07, 6.45) is 4.87. The highest BCUT2D eigenvalue weighted by Crippen LogP contribution is 2.18. The molecule has 0 saturated carbocycles. The van der Waals surface area contributed by atoms with E-state index >= 15 is 0 Å². The first-order valence-corrected chi connectivity index (χ1v) is 6.43. The van der Waals surface area contributed by atoms with Crippen LogP contribution in [0, 0.1) is 0 Å². The number of aliphatic hydroxyl groups is 1. The summed E-state index contributed by atoms with van der Waals surface area (Å²) >= 11 is 0. The number of aliphatic hydroxyl groups excluding tert-OH is 1. The molecule has 0 fully saturated rings. The minimum atomic E-state index is 0.0862. The molecule has 0 radical (unpaired) electrons. The van der Waals surface area contributed by atoms with E-state index in [1.54, 1.807) is 0 Å². The summed E-state index contributed by atoms with van der Waals surface area (Å²) in [5, 5.41) is 14.6. The monoisotopic (exact) mass is 255 g/mol. The molecule has 98 valence electrons. The van der Waals surface area contributed by atoms with E-state index in [1.807, 2.05) is 30.1 Å². The van der Waals surface area contributed by atoms with Crippen molar-refractivity contribution in [3.8, 4) is 0 Å². The zero-order valence-corrected chi connectivity index (χ0v) is 11.0. The van der Waals surface area contributed by atoms with Crippen molar-refractivity contribution in [2.45, 2.75) is 19.6 Å². The third-order valence-corrected chi connectivity index (χ3v) is 3.55. The Morgan fingerprint density at radius 1 is 1.21 bits per heavy atom. The Hall–Kier alpha value is -2.07. The van der Waals surface area contributed by atoms with Gasteiger partial charge in [0.15, 0.2) is 0 Å². The molecule has 0 unspecified atom stereocenters. The van der Waals surface area contributed by atoms with Crippen LogP contribution in [0.3, 0.4) is 0 Å². The number of benzene rings is 1. The normalized spacial score (nSPS) is 11.3. The van der Waals surface area contributed by atoms with Gasteiger partial charge in [0.05, 0.1) is 6.61 Å². The highest BCUT2D eigenvalue weighted by atomic mass is 16.3. The molecule has 3 aromatic rings. The number of hydrogen-bond donors (Lipinski definition) is 1. The number of fused-ring (bicyclic) bond motifs is 1. The van der Waals surface area contributed by atoms with Gasteiger partial charge in [0.1, 0.15) is 0 Å². The van der Waals surface area contributed by atoms with Gasteiger partial charge in [-0.1, -0.05) is 12.1 Å². The molecule has 0 aliphatic heterocycles. The van der Waals surface area contributed by atoms with Crippen LogP contribution >= 0.6 is 0 Å². The molecule has 0 bridgehead atoms. The maximum atomic E-state index is 9.22. The molecule has 1 aromatic carbocycles. The van der Waals surface area contributed by atoms with Crippen LogP contribution in [0.5, 0.6) is 0 Å². The van der Waals surface area contributed by atoms with Crippen LogP contribution in [0.15, 0.2) is 42.7 Å². The Kier molecular flexibility index (Phi) is 3.09. The molecular weight excluding hydrogens is 238 g/mol. The number of aryl methyl sites for hydroxylation is 3. The quantitative estimate of drug-likeness (QED) is 0.776. The Bertz CT molecular complexity index is 696. The minimum Gasteiger partial charge on any atom is -0.392 e. The Labute approximate surface area is 111 Å². The Morgan fingerprint density at radius 3 is 2.84 bits per heavy atom. The second-order valence-electron chi connectivity index (χ2n) is 4.76. The lowest BCUT2D eigenvalue weighted by molar-refractivity contribution is 0.282. The van der Waals surface area contributed by atoms with Gasteiger partial charge in [-0.3, -0.25) is 4.68 Å². The summed E-state index contributed by atoms with van der Waals surface area (Å²) < 4.78 is 4.13. The zero-order chi connectivity index (χ0) is 13.2. The smallest absolute Gasteiger partial charge is 0.0682 e. The summed E-state index contributed by atoms with van der Waals surface area (Å²) in [5.41, 5.74) is 3.35. The van der Waals surface area contributed by atoms with Crippen LogP contribution in [-0.2, 0) is 26.6 Å². The van der Waals surface area contributed by atoms with Gasteiger partial charge < -0.3 is 9.67 Å². The van der Waals surface area contributed by atoms with E-state index in [0.29, 0.717) is 0 Å². The van der Waals surface area contributed by atoms with Gasteiger partial charge in [0.25, 0.3) is 0 Å². The minimum absolute atomic E-state index is 0.0862. The second-order valence-corrected chi connectivity index (χ2v) is 4.76.